The third kappa shape index (κ3) is 3.21. The maximum absolute atomic E-state index is 12.7. The highest BCUT2D eigenvalue weighted by Crippen LogP contribution is 2.38. The first-order valence-electron chi connectivity index (χ1n) is 6.99. The Kier molecular flexibility index (Phi) is 4.90. The number of pyridine rings is 1. The Morgan fingerprint density at radius 3 is 2.74 bits per heavy atom. The third-order valence-corrected chi connectivity index (χ3v) is 5.24. The van der Waals surface area contributed by atoms with Gasteiger partial charge < -0.3 is 5.11 Å². The molecular formula is C16H14N2O3S2. The predicted molar refractivity (Wildman–Crippen MR) is 90.6 cm³/mol. The van der Waals surface area contributed by atoms with E-state index < -0.39 is 0 Å². The number of carbonyl (C=O) groups excluding carboxylic acids is 2. The molecule has 0 aromatic carbocycles. The fraction of sp³-hybridized carbons (Fsp3) is 0.188. The fourth-order valence-corrected chi connectivity index (χ4v) is 3.99. The molecule has 0 saturated carbocycles. The zero-order valence-electron chi connectivity index (χ0n) is 12.1. The van der Waals surface area contributed by atoms with Crippen molar-refractivity contribution in [2.75, 3.05) is 12.4 Å². The summed E-state index contributed by atoms with van der Waals surface area (Å²) in [6, 6.07) is 7.29. The Morgan fingerprint density at radius 2 is 2.09 bits per heavy atom. The largest absolute Gasteiger partial charge is 0.396 e. The molecule has 7 heteroatoms. The maximum atomic E-state index is 12.7. The lowest BCUT2D eigenvalue weighted by molar-refractivity contribution is -0.137. The van der Waals surface area contributed by atoms with Crippen LogP contribution in [0.5, 0.6) is 0 Å². The van der Waals surface area contributed by atoms with Gasteiger partial charge in [-0.2, -0.15) is 0 Å². The highest BCUT2D eigenvalue weighted by atomic mass is 32.2. The second-order valence-corrected chi connectivity index (χ2v) is 6.86. The summed E-state index contributed by atoms with van der Waals surface area (Å²) in [4.78, 5) is 31.9. The summed E-state index contributed by atoms with van der Waals surface area (Å²) >= 11 is 2.65. The second kappa shape index (κ2) is 7.08. The minimum Gasteiger partial charge on any atom is -0.396 e. The van der Waals surface area contributed by atoms with E-state index in [0.29, 0.717) is 16.2 Å². The van der Waals surface area contributed by atoms with Gasteiger partial charge in [-0.05, 0) is 23.1 Å². The van der Waals surface area contributed by atoms with Gasteiger partial charge >= 0.3 is 0 Å². The molecule has 118 valence electrons. The quantitative estimate of drug-likeness (QED) is 0.812. The van der Waals surface area contributed by atoms with E-state index in [1.807, 2.05) is 23.6 Å². The molecule has 0 unspecified atom stereocenters. The normalized spacial score (nSPS) is 14.9. The number of hydrogen-bond acceptors (Lipinski definition) is 6. The van der Waals surface area contributed by atoms with Crippen LogP contribution in [-0.4, -0.2) is 39.2 Å². The van der Waals surface area contributed by atoms with Crippen LogP contribution < -0.4 is 0 Å². The van der Waals surface area contributed by atoms with E-state index in [-0.39, 0.29) is 25.0 Å². The predicted octanol–water partition coefficient (Wildman–Crippen LogP) is 2.15. The number of imide groups is 1. The Labute approximate surface area is 141 Å². The van der Waals surface area contributed by atoms with Crippen LogP contribution in [0.1, 0.15) is 10.4 Å². The van der Waals surface area contributed by atoms with Crippen molar-refractivity contribution in [3.63, 3.8) is 0 Å². The fourth-order valence-electron chi connectivity index (χ4n) is 2.29. The van der Waals surface area contributed by atoms with Gasteiger partial charge in [0.2, 0.25) is 0 Å². The zero-order chi connectivity index (χ0) is 16.2. The van der Waals surface area contributed by atoms with Crippen LogP contribution in [0.4, 0.5) is 0 Å². The van der Waals surface area contributed by atoms with Crippen LogP contribution in [-0.2, 0) is 16.1 Å². The van der Waals surface area contributed by atoms with Gasteiger partial charge in [0.05, 0.1) is 23.6 Å². The standard InChI is InChI=1S/C16H14N2O3S2/c19-6-8-23-14-13(12-4-2-7-22-12)15(20)18(16(14)21)10-11-3-1-5-17-9-11/h1-5,7,9,19H,6,8,10H2. The molecule has 23 heavy (non-hydrogen) atoms. The topological polar surface area (TPSA) is 70.5 Å². The number of hydrogen-bond donors (Lipinski definition) is 1. The molecule has 2 aromatic heterocycles. The van der Waals surface area contributed by atoms with E-state index in [0.717, 1.165) is 10.4 Å². The lowest BCUT2D eigenvalue weighted by atomic mass is 10.2. The van der Waals surface area contributed by atoms with E-state index in [4.69, 9.17) is 5.11 Å². The van der Waals surface area contributed by atoms with Gasteiger partial charge in [0.15, 0.2) is 0 Å². The van der Waals surface area contributed by atoms with E-state index >= 15 is 0 Å². The minimum atomic E-state index is -0.305. The molecule has 0 radical (unpaired) electrons. The maximum Gasteiger partial charge on any atom is 0.268 e. The molecule has 0 aliphatic carbocycles. The number of aromatic nitrogens is 1. The van der Waals surface area contributed by atoms with E-state index in [9.17, 15) is 9.59 Å². The SMILES string of the molecule is O=C1C(SCCO)=C(c2cccs2)C(=O)N1Cc1cccnc1. The van der Waals surface area contributed by atoms with Gasteiger partial charge in [-0.15, -0.1) is 23.1 Å². The Morgan fingerprint density at radius 1 is 1.22 bits per heavy atom. The van der Waals surface area contributed by atoms with Crippen LogP contribution in [0.25, 0.3) is 5.57 Å². The van der Waals surface area contributed by atoms with Gasteiger partial charge in [-0.1, -0.05) is 12.1 Å². The number of aliphatic hydroxyl groups excluding tert-OH is 1. The molecule has 1 aliphatic heterocycles. The Hall–Kier alpha value is -1.96. The van der Waals surface area contributed by atoms with Crippen molar-refractivity contribution < 1.29 is 14.7 Å². The van der Waals surface area contributed by atoms with Crippen LogP contribution in [0, 0.1) is 0 Å². The summed E-state index contributed by atoms with van der Waals surface area (Å²) in [5.41, 5.74) is 1.24. The molecule has 2 aromatic rings. The first-order valence-corrected chi connectivity index (χ1v) is 8.86. The van der Waals surface area contributed by atoms with E-state index in [2.05, 4.69) is 4.98 Å². The van der Waals surface area contributed by atoms with E-state index in [1.54, 1.807) is 18.5 Å². The zero-order valence-corrected chi connectivity index (χ0v) is 13.8. The van der Waals surface area contributed by atoms with Crippen LogP contribution in [0.15, 0.2) is 46.9 Å². The Balaban J connectivity index is 1.92. The van der Waals surface area contributed by atoms with Crippen molar-refractivity contribution in [1.82, 2.24) is 9.88 Å². The van der Waals surface area contributed by atoms with Crippen molar-refractivity contribution in [3.05, 3.63) is 57.4 Å². The number of amides is 2. The van der Waals surface area contributed by atoms with Crippen molar-refractivity contribution in [2.45, 2.75) is 6.54 Å². The average molecular weight is 346 g/mol. The van der Waals surface area contributed by atoms with Gasteiger partial charge in [-0.25, -0.2) is 0 Å². The number of thioether (sulfide) groups is 1. The summed E-state index contributed by atoms with van der Waals surface area (Å²) in [6.45, 7) is 0.152. The third-order valence-electron chi connectivity index (χ3n) is 3.29. The number of nitrogens with zero attached hydrogens (tertiary/aromatic N) is 2. The molecule has 3 rings (SSSR count). The van der Waals surface area contributed by atoms with Crippen molar-refractivity contribution in [2.24, 2.45) is 0 Å². The average Bonchev–Trinajstić information content (AvgIpc) is 3.16. The Bertz CT molecular complexity index is 742. The molecule has 0 fully saturated rings. The molecule has 2 amide bonds. The van der Waals surface area contributed by atoms with E-state index in [1.165, 1.54) is 28.0 Å². The minimum absolute atomic E-state index is 0.0457. The van der Waals surface area contributed by atoms with Crippen LogP contribution in [0.2, 0.25) is 0 Å². The number of aliphatic hydroxyl groups is 1. The molecule has 0 bridgehead atoms. The highest BCUT2D eigenvalue weighted by Gasteiger charge is 2.39. The van der Waals surface area contributed by atoms with Crippen molar-refractivity contribution in [1.29, 1.82) is 0 Å². The van der Waals surface area contributed by atoms with Crippen LogP contribution >= 0.6 is 23.1 Å². The van der Waals surface area contributed by atoms with Crippen molar-refractivity contribution in [3.8, 4) is 0 Å². The molecule has 0 spiro atoms. The number of rotatable bonds is 6. The summed E-state index contributed by atoms with van der Waals surface area (Å²) in [5, 5.41) is 10.9. The summed E-state index contributed by atoms with van der Waals surface area (Å²) < 4.78 is 0. The van der Waals surface area contributed by atoms with Gasteiger partial charge in [0.1, 0.15) is 0 Å². The molecule has 1 N–H and O–H groups in total. The van der Waals surface area contributed by atoms with Crippen LogP contribution in [0.3, 0.4) is 0 Å². The monoisotopic (exact) mass is 346 g/mol. The lowest BCUT2D eigenvalue weighted by Gasteiger charge is -2.14. The number of carbonyl (C=O) groups is 2. The molecule has 3 heterocycles. The number of thiophene rings is 1. The summed E-state index contributed by atoms with van der Waals surface area (Å²) in [6.07, 6.45) is 3.29. The summed E-state index contributed by atoms with van der Waals surface area (Å²) in [5.74, 6) is -0.216. The second-order valence-electron chi connectivity index (χ2n) is 4.81. The lowest BCUT2D eigenvalue weighted by Crippen LogP contribution is -2.30. The molecule has 0 saturated heterocycles. The molecule has 0 atom stereocenters. The van der Waals surface area contributed by atoms with Gasteiger partial charge in [-0.3, -0.25) is 19.5 Å². The van der Waals surface area contributed by atoms with Gasteiger partial charge in [0.25, 0.3) is 11.8 Å². The summed E-state index contributed by atoms with van der Waals surface area (Å²) in [7, 11) is 0. The molecular weight excluding hydrogens is 332 g/mol. The van der Waals surface area contributed by atoms with Crippen molar-refractivity contribution >= 4 is 40.5 Å². The first kappa shape index (κ1) is 15.9. The first-order chi connectivity index (χ1) is 11.2. The molecule has 1 aliphatic rings. The highest BCUT2D eigenvalue weighted by molar-refractivity contribution is 8.04. The van der Waals surface area contributed by atoms with Gasteiger partial charge in [0, 0.05) is 23.0 Å². The smallest absolute Gasteiger partial charge is 0.268 e. The molecule has 5 nitrogen and oxygen atoms in total.